The van der Waals surface area contributed by atoms with Crippen LogP contribution in [0.15, 0.2) is 158 Å². The van der Waals surface area contributed by atoms with Crippen LogP contribution in [0.4, 0.5) is 0 Å². The highest BCUT2D eigenvalue weighted by Gasteiger charge is 2.46. The summed E-state index contributed by atoms with van der Waals surface area (Å²) in [6.07, 6.45) is 4.03. The number of benzene rings is 6. The molecule has 0 saturated carbocycles. The molecule has 0 aromatic heterocycles. The zero-order valence-electron chi connectivity index (χ0n) is 22.6. The lowest BCUT2D eigenvalue weighted by atomic mass is 9.67. The van der Waals surface area contributed by atoms with Crippen molar-refractivity contribution in [2.24, 2.45) is 0 Å². The van der Waals surface area contributed by atoms with E-state index in [2.05, 4.69) is 159 Å². The number of hydrogen-bond donors (Lipinski definition) is 0. The van der Waals surface area contributed by atoms with Crippen LogP contribution in [-0.2, 0) is 5.41 Å². The van der Waals surface area contributed by atoms with Gasteiger partial charge in [0.1, 0.15) is 0 Å². The van der Waals surface area contributed by atoms with E-state index >= 15 is 0 Å². The van der Waals surface area contributed by atoms with Crippen LogP contribution in [0.3, 0.4) is 0 Å². The zero-order valence-corrected chi connectivity index (χ0v) is 22.6. The van der Waals surface area contributed by atoms with Gasteiger partial charge in [0.2, 0.25) is 0 Å². The van der Waals surface area contributed by atoms with Crippen molar-refractivity contribution >= 4 is 16.3 Å². The second-order valence-corrected chi connectivity index (χ2v) is 10.4. The van der Waals surface area contributed by atoms with Gasteiger partial charge < -0.3 is 0 Å². The number of allylic oxidation sites excluding steroid dienone is 3. The van der Waals surface area contributed by atoms with E-state index in [1.165, 1.54) is 60.8 Å². The summed E-state index contributed by atoms with van der Waals surface area (Å²) in [6, 6.07) is 51.3. The van der Waals surface area contributed by atoms with Gasteiger partial charge in [0.15, 0.2) is 0 Å². The summed E-state index contributed by atoms with van der Waals surface area (Å²) in [4.78, 5) is 0. The quantitative estimate of drug-likeness (QED) is 0.202. The van der Waals surface area contributed by atoms with Gasteiger partial charge in [0, 0.05) is 0 Å². The third-order valence-corrected chi connectivity index (χ3v) is 8.52. The van der Waals surface area contributed by atoms with E-state index < -0.39 is 5.41 Å². The Morgan fingerprint density at radius 2 is 1.15 bits per heavy atom. The van der Waals surface area contributed by atoms with Gasteiger partial charge in [0.25, 0.3) is 0 Å². The summed E-state index contributed by atoms with van der Waals surface area (Å²) >= 11 is 0. The topological polar surface area (TPSA) is 0 Å². The lowest BCUT2D eigenvalue weighted by molar-refractivity contribution is 0.769. The van der Waals surface area contributed by atoms with Gasteiger partial charge in [-0.2, -0.15) is 0 Å². The van der Waals surface area contributed by atoms with Crippen LogP contribution in [0, 0.1) is 0 Å². The average molecular weight is 511 g/mol. The number of hydrogen-bond acceptors (Lipinski definition) is 0. The largest absolute Gasteiger partial charge is 0.0985 e. The summed E-state index contributed by atoms with van der Waals surface area (Å²) < 4.78 is 0. The zero-order chi connectivity index (χ0) is 27.1. The predicted molar refractivity (Wildman–Crippen MR) is 171 cm³/mol. The normalized spacial score (nSPS) is 13.6. The Labute approximate surface area is 236 Å². The Hall–Kier alpha value is -4.94. The summed E-state index contributed by atoms with van der Waals surface area (Å²) in [5.74, 6) is 0. The molecule has 0 heteroatoms. The molecule has 0 bridgehead atoms. The fourth-order valence-electron chi connectivity index (χ4n) is 6.78. The number of rotatable bonds is 5. The molecular formula is C40H30. The first-order valence-electron chi connectivity index (χ1n) is 13.9. The van der Waals surface area contributed by atoms with Crippen molar-refractivity contribution in [2.45, 2.75) is 12.3 Å². The molecule has 0 aliphatic heterocycles. The molecule has 0 fully saturated rings. The molecule has 40 heavy (non-hydrogen) atoms. The van der Waals surface area contributed by atoms with E-state index in [1.54, 1.807) is 0 Å². The van der Waals surface area contributed by atoms with Crippen LogP contribution in [0.5, 0.6) is 0 Å². The van der Waals surface area contributed by atoms with Crippen LogP contribution in [0.2, 0.25) is 0 Å². The molecule has 0 spiro atoms. The Kier molecular flexibility index (Phi) is 5.83. The summed E-state index contributed by atoms with van der Waals surface area (Å²) in [7, 11) is 0. The maximum Gasteiger partial charge on any atom is 0.0714 e. The monoisotopic (exact) mass is 510 g/mol. The Balaban J connectivity index is 1.61. The molecule has 6 aromatic rings. The first-order chi connectivity index (χ1) is 19.8. The molecule has 190 valence electrons. The van der Waals surface area contributed by atoms with Crippen molar-refractivity contribution in [3.05, 3.63) is 186 Å². The first kappa shape index (κ1) is 24.1. The van der Waals surface area contributed by atoms with E-state index in [0.29, 0.717) is 0 Å². The second-order valence-electron chi connectivity index (χ2n) is 10.4. The minimum absolute atomic E-state index is 0.422. The highest BCUT2D eigenvalue weighted by molar-refractivity contribution is 6.10. The molecular weight excluding hydrogens is 480 g/mol. The molecule has 0 heterocycles. The van der Waals surface area contributed by atoms with Crippen LogP contribution in [0.1, 0.15) is 34.7 Å². The molecule has 0 radical (unpaired) electrons. The van der Waals surface area contributed by atoms with Gasteiger partial charge in [0.05, 0.1) is 5.41 Å². The number of fused-ring (bicyclic) bond motifs is 5. The third kappa shape index (κ3) is 3.46. The summed E-state index contributed by atoms with van der Waals surface area (Å²) in [6.45, 7) is 6.05. The maximum absolute atomic E-state index is 3.99. The second kappa shape index (κ2) is 9.67. The summed E-state index contributed by atoms with van der Waals surface area (Å²) in [5.41, 5.74) is 12.3. The van der Waals surface area contributed by atoms with E-state index in [9.17, 15) is 0 Å². The third-order valence-electron chi connectivity index (χ3n) is 8.52. The van der Waals surface area contributed by atoms with Crippen molar-refractivity contribution in [1.82, 2.24) is 0 Å². The molecule has 1 aliphatic rings. The van der Waals surface area contributed by atoms with Crippen molar-refractivity contribution in [3.63, 3.8) is 0 Å². The van der Waals surface area contributed by atoms with Gasteiger partial charge >= 0.3 is 0 Å². The van der Waals surface area contributed by atoms with Gasteiger partial charge in [-0.3, -0.25) is 0 Å². The molecule has 6 aromatic carbocycles. The van der Waals surface area contributed by atoms with E-state index in [-0.39, 0.29) is 0 Å². The fraction of sp³-hybridized carbons (Fsp3) is 0.0500. The minimum Gasteiger partial charge on any atom is -0.0985 e. The summed E-state index contributed by atoms with van der Waals surface area (Å²) in [5, 5.41) is 2.57. The fourth-order valence-corrected chi connectivity index (χ4v) is 6.78. The average Bonchev–Trinajstić information content (AvgIpc) is 3.34. The van der Waals surface area contributed by atoms with Crippen molar-refractivity contribution in [3.8, 4) is 22.3 Å². The lowest BCUT2D eigenvalue weighted by Gasteiger charge is -2.34. The van der Waals surface area contributed by atoms with Crippen molar-refractivity contribution in [2.75, 3.05) is 0 Å². The van der Waals surface area contributed by atoms with Crippen LogP contribution in [-0.4, -0.2) is 0 Å². The van der Waals surface area contributed by atoms with Gasteiger partial charge in [-0.1, -0.05) is 152 Å². The molecule has 0 amide bonds. The predicted octanol–water partition coefficient (Wildman–Crippen LogP) is 10.5. The van der Waals surface area contributed by atoms with E-state index in [0.717, 1.165) is 5.57 Å². The lowest BCUT2D eigenvalue weighted by Crippen LogP contribution is -2.28. The molecule has 0 nitrogen and oxygen atoms in total. The Morgan fingerprint density at radius 3 is 1.77 bits per heavy atom. The SMILES string of the molecule is C=C/C(=C\C)c1ccc(-c2cc3c(c4ccccc24)-c2ccccc2C3(c2ccccc2)c2ccccc2)cc1. The smallest absolute Gasteiger partial charge is 0.0714 e. The van der Waals surface area contributed by atoms with E-state index in [4.69, 9.17) is 0 Å². The van der Waals surface area contributed by atoms with Crippen LogP contribution in [0.25, 0.3) is 38.6 Å². The van der Waals surface area contributed by atoms with Crippen LogP contribution < -0.4 is 0 Å². The van der Waals surface area contributed by atoms with E-state index in [1.807, 2.05) is 6.08 Å². The molecule has 0 atom stereocenters. The molecule has 0 unspecified atom stereocenters. The first-order valence-corrected chi connectivity index (χ1v) is 13.9. The Morgan fingerprint density at radius 1 is 0.575 bits per heavy atom. The molecule has 1 aliphatic carbocycles. The molecule has 0 N–H and O–H groups in total. The van der Waals surface area contributed by atoms with Gasteiger partial charge in [-0.25, -0.2) is 0 Å². The molecule has 7 rings (SSSR count). The minimum atomic E-state index is -0.422. The van der Waals surface area contributed by atoms with Crippen molar-refractivity contribution < 1.29 is 0 Å². The maximum atomic E-state index is 3.99. The van der Waals surface area contributed by atoms with Gasteiger partial charge in [-0.15, -0.1) is 0 Å². The van der Waals surface area contributed by atoms with Crippen LogP contribution >= 0.6 is 0 Å². The standard InChI is InChI=1S/C40H30/c1-3-28(4-2)29-23-25-30(26-24-29)36-27-38-39(34-20-12-11-19-33(34)36)35-21-13-14-22-37(35)40(38,31-15-7-5-8-16-31)32-17-9-6-10-18-32/h3-27H,1H2,2H3/b28-4+. The van der Waals surface area contributed by atoms with Crippen molar-refractivity contribution in [1.29, 1.82) is 0 Å². The Bertz CT molecular complexity index is 1850. The molecule has 0 saturated heterocycles. The highest BCUT2D eigenvalue weighted by Crippen LogP contribution is 2.58. The van der Waals surface area contributed by atoms with Gasteiger partial charge in [-0.05, 0) is 79.4 Å². The highest BCUT2D eigenvalue weighted by atomic mass is 14.5.